The minimum atomic E-state index is -0.452. The van der Waals surface area contributed by atoms with E-state index in [0.717, 1.165) is 29.2 Å². The summed E-state index contributed by atoms with van der Waals surface area (Å²) in [4.78, 5) is 4.61. The van der Waals surface area contributed by atoms with Crippen LogP contribution >= 0.6 is 0 Å². The summed E-state index contributed by atoms with van der Waals surface area (Å²) in [5, 5.41) is 10.1. The Labute approximate surface area is 178 Å². The van der Waals surface area contributed by atoms with Crippen LogP contribution in [-0.4, -0.2) is 35.5 Å². The van der Waals surface area contributed by atoms with Gasteiger partial charge in [-0.05, 0) is 63.4 Å². The SMILES string of the molecule is CCOC(C)C(O)CCc1ccc(OCCc2nc(-c3ccccc3)oc2C)cc1. The number of rotatable bonds is 11. The number of aliphatic hydroxyl groups is 1. The Hall–Kier alpha value is -2.63. The van der Waals surface area contributed by atoms with Crippen molar-refractivity contribution in [3.63, 3.8) is 0 Å². The molecule has 30 heavy (non-hydrogen) atoms. The summed E-state index contributed by atoms with van der Waals surface area (Å²) in [6.07, 6.45) is 1.58. The Morgan fingerprint density at radius 1 is 1.03 bits per heavy atom. The zero-order chi connectivity index (χ0) is 21.3. The van der Waals surface area contributed by atoms with Crippen LogP contribution < -0.4 is 4.74 Å². The fourth-order valence-electron chi connectivity index (χ4n) is 3.31. The number of hydrogen-bond donors (Lipinski definition) is 1. The van der Waals surface area contributed by atoms with Gasteiger partial charge in [0.25, 0.3) is 0 Å². The van der Waals surface area contributed by atoms with E-state index in [2.05, 4.69) is 4.98 Å². The second-order valence-corrected chi connectivity index (χ2v) is 7.40. The Bertz CT molecular complexity index is 889. The summed E-state index contributed by atoms with van der Waals surface area (Å²) in [5.41, 5.74) is 3.07. The molecule has 0 saturated carbocycles. The number of aryl methyl sites for hydroxylation is 2. The molecule has 2 aromatic carbocycles. The third-order valence-electron chi connectivity index (χ3n) is 5.14. The molecule has 0 aliphatic carbocycles. The van der Waals surface area contributed by atoms with E-state index < -0.39 is 6.10 Å². The molecular weight excluding hydrogens is 378 g/mol. The van der Waals surface area contributed by atoms with Gasteiger partial charge in [-0.1, -0.05) is 30.3 Å². The van der Waals surface area contributed by atoms with E-state index in [1.807, 2.05) is 75.4 Å². The van der Waals surface area contributed by atoms with Crippen molar-refractivity contribution in [3.8, 4) is 17.2 Å². The van der Waals surface area contributed by atoms with Crippen LogP contribution in [0.5, 0.6) is 5.75 Å². The molecule has 0 amide bonds. The maximum absolute atomic E-state index is 10.1. The first-order chi connectivity index (χ1) is 14.6. The molecule has 0 aliphatic rings. The number of nitrogens with zero attached hydrogens (tertiary/aromatic N) is 1. The summed E-state index contributed by atoms with van der Waals surface area (Å²) in [6, 6.07) is 17.9. The van der Waals surface area contributed by atoms with Gasteiger partial charge < -0.3 is 19.0 Å². The van der Waals surface area contributed by atoms with Crippen LogP contribution in [0.25, 0.3) is 11.5 Å². The summed E-state index contributed by atoms with van der Waals surface area (Å²) >= 11 is 0. The van der Waals surface area contributed by atoms with E-state index in [9.17, 15) is 5.11 Å². The van der Waals surface area contributed by atoms with Crippen molar-refractivity contribution in [2.45, 2.75) is 52.2 Å². The maximum Gasteiger partial charge on any atom is 0.226 e. The average Bonchev–Trinajstić information content (AvgIpc) is 3.14. The quantitative estimate of drug-likeness (QED) is 0.483. The molecule has 3 aromatic rings. The van der Waals surface area contributed by atoms with Gasteiger partial charge in [0, 0.05) is 18.6 Å². The smallest absolute Gasteiger partial charge is 0.226 e. The van der Waals surface area contributed by atoms with Crippen LogP contribution in [0.15, 0.2) is 59.0 Å². The normalized spacial score (nSPS) is 13.2. The molecule has 2 unspecified atom stereocenters. The first-order valence-electron chi connectivity index (χ1n) is 10.6. The average molecular weight is 410 g/mol. The second-order valence-electron chi connectivity index (χ2n) is 7.40. The van der Waals surface area contributed by atoms with Crippen LogP contribution in [0.3, 0.4) is 0 Å². The number of oxazole rings is 1. The van der Waals surface area contributed by atoms with E-state index in [4.69, 9.17) is 13.9 Å². The molecular formula is C25H31NO4. The van der Waals surface area contributed by atoms with Crippen LogP contribution in [-0.2, 0) is 17.6 Å². The molecule has 0 fully saturated rings. The van der Waals surface area contributed by atoms with E-state index in [0.29, 0.717) is 31.9 Å². The zero-order valence-electron chi connectivity index (χ0n) is 18.0. The number of aromatic nitrogens is 1. The Kier molecular flexibility index (Phi) is 8.05. The summed E-state index contributed by atoms with van der Waals surface area (Å²) in [5.74, 6) is 2.30. The van der Waals surface area contributed by atoms with Gasteiger partial charge in [0.05, 0.1) is 24.5 Å². The predicted octanol–water partition coefficient (Wildman–Crippen LogP) is 4.99. The van der Waals surface area contributed by atoms with Gasteiger partial charge in [-0.3, -0.25) is 0 Å². The molecule has 0 aliphatic heterocycles. The highest BCUT2D eigenvalue weighted by Crippen LogP contribution is 2.22. The molecule has 1 aromatic heterocycles. The standard InChI is InChI=1S/C25H31NO4/c1-4-28-19(3)24(27)15-12-20-10-13-22(14-11-20)29-17-16-23-18(2)30-25(26-23)21-8-6-5-7-9-21/h5-11,13-14,19,24,27H,4,12,15-17H2,1-3H3. The first-order valence-corrected chi connectivity index (χ1v) is 10.6. The van der Waals surface area contributed by atoms with Crippen molar-refractivity contribution in [1.82, 2.24) is 4.98 Å². The van der Waals surface area contributed by atoms with Crippen LogP contribution in [0.4, 0.5) is 0 Å². The largest absolute Gasteiger partial charge is 0.493 e. The van der Waals surface area contributed by atoms with Gasteiger partial charge in [-0.15, -0.1) is 0 Å². The molecule has 0 spiro atoms. The van der Waals surface area contributed by atoms with Gasteiger partial charge in [0.1, 0.15) is 11.5 Å². The lowest BCUT2D eigenvalue weighted by Crippen LogP contribution is -2.26. The number of hydrogen-bond acceptors (Lipinski definition) is 5. The molecule has 0 radical (unpaired) electrons. The van der Waals surface area contributed by atoms with Crippen molar-refractivity contribution in [2.75, 3.05) is 13.2 Å². The number of benzene rings is 2. The minimum Gasteiger partial charge on any atom is -0.493 e. The van der Waals surface area contributed by atoms with Crippen LogP contribution in [0.1, 0.15) is 37.3 Å². The second kappa shape index (κ2) is 11.0. The molecule has 1 N–H and O–H groups in total. The van der Waals surface area contributed by atoms with Crippen LogP contribution in [0.2, 0.25) is 0 Å². The molecule has 1 heterocycles. The molecule has 2 atom stereocenters. The third kappa shape index (κ3) is 6.18. The lowest BCUT2D eigenvalue weighted by atomic mass is 10.0. The van der Waals surface area contributed by atoms with Crippen molar-refractivity contribution >= 4 is 0 Å². The molecule has 160 valence electrons. The van der Waals surface area contributed by atoms with E-state index >= 15 is 0 Å². The van der Waals surface area contributed by atoms with Gasteiger partial charge in [-0.25, -0.2) is 4.98 Å². The van der Waals surface area contributed by atoms with Crippen molar-refractivity contribution < 1.29 is 19.0 Å². The topological polar surface area (TPSA) is 64.7 Å². The summed E-state index contributed by atoms with van der Waals surface area (Å²) in [7, 11) is 0. The lowest BCUT2D eigenvalue weighted by molar-refractivity contribution is -0.0245. The maximum atomic E-state index is 10.1. The first kappa shape index (κ1) is 22.1. The molecule has 0 saturated heterocycles. The number of ether oxygens (including phenoxy) is 2. The number of aliphatic hydroxyl groups excluding tert-OH is 1. The monoisotopic (exact) mass is 409 g/mol. The Morgan fingerprint density at radius 3 is 2.47 bits per heavy atom. The van der Waals surface area contributed by atoms with Crippen molar-refractivity contribution in [1.29, 1.82) is 0 Å². The van der Waals surface area contributed by atoms with Gasteiger partial charge >= 0.3 is 0 Å². The highest BCUT2D eigenvalue weighted by Gasteiger charge is 2.14. The summed E-state index contributed by atoms with van der Waals surface area (Å²) < 4.78 is 17.1. The van der Waals surface area contributed by atoms with E-state index in [1.165, 1.54) is 5.56 Å². The summed E-state index contributed by atoms with van der Waals surface area (Å²) in [6.45, 7) is 6.93. The van der Waals surface area contributed by atoms with E-state index in [-0.39, 0.29) is 6.10 Å². The fraction of sp³-hybridized carbons (Fsp3) is 0.400. The lowest BCUT2D eigenvalue weighted by Gasteiger charge is -2.18. The molecule has 3 rings (SSSR count). The minimum absolute atomic E-state index is 0.139. The molecule has 5 heteroatoms. The fourth-order valence-corrected chi connectivity index (χ4v) is 3.31. The highest BCUT2D eigenvalue weighted by molar-refractivity contribution is 5.53. The zero-order valence-corrected chi connectivity index (χ0v) is 18.0. The van der Waals surface area contributed by atoms with Crippen LogP contribution in [0, 0.1) is 6.92 Å². The van der Waals surface area contributed by atoms with Crippen molar-refractivity contribution in [3.05, 3.63) is 71.6 Å². The van der Waals surface area contributed by atoms with Gasteiger partial charge in [0.2, 0.25) is 5.89 Å². The van der Waals surface area contributed by atoms with Crippen molar-refractivity contribution in [2.24, 2.45) is 0 Å². The van der Waals surface area contributed by atoms with E-state index in [1.54, 1.807) is 0 Å². The highest BCUT2D eigenvalue weighted by atomic mass is 16.5. The molecule has 5 nitrogen and oxygen atoms in total. The Morgan fingerprint density at radius 2 is 1.77 bits per heavy atom. The van der Waals surface area contributed by atoms with Gasteiger partial charge in [0.15, 0.2) is 0 Å². The van der Waals surface area contributed by atoms with Gasteiger partial charge in [-0.2, -0.15) is 0 Å². The predicted molar refractivity (Wildman–Crippen MR) is 118 cm³/mol. The molecule has 0 bridgehead atoms. The third-order valence-corrected chi connectivity index (χ3v) is 5.14. The Balaban J connectivity index is 1.46.